The Morgan fingerprint density at radius 2 is 1.86 bits per heavy atom. The molecule has 1 aliphatic heterocycles. The standard InChI is InChI=1S/C22H24N2O3S/c25-19-14-28-18-13-16(9-10-17(18)23-19)21(27)24-22(11-5-2-6-12-22)20(26)15-7-3-1-4-8-15/h1,3-4,7-10,13,20,26H,2,5-6,11-12,14H2,(H,23,25)(H,24,27). The number of hydrogen-bond acceptors (Lipinski definition) is 4. The molecule has 0 radical (unpaired) electrons. The van der Waals surface area contributed by atoms with Crippen LogP contribution in [-0.2, 0) is 4.79 Å². The SMILES string of the molecule is O=C1CSc2cc(C(=O)NC3(C(O)c4ccccc4)CCCCC3)ccc2N1. The molecule has 2 aromatic rings. The summed E-state index contributed by atoms with van der Waals surface area (Å²) >= 11 is 1.44. The largest absolute Gasteiger partial charge is 0.386 e. The molecule has 1 saturated carbocycles. The minimum atomic E-state index is -0.746. The van der Waals surface area contributed by atoms with E-state index in [1.54, 1.807) is 12.1 Å². The average molecular weight is 397 g/mol. The van der Waals surface area contributed by atoms with E-state index in [-0.39, 0.29) is 11.8 Å². The van der Waals surface area contributed by atoms with E-state index in [4.69, 9.17) is 0 Å². The van der Waals surface area contributed by atoms with E-state index in [0.29, 0.717) is 11.3 Å². The lowest BCUT2D eigenvalue weighted by Crippen LogP contribution is -2.54. The minimum absolute atomic E-state index is 0.0261. The first-order chi connectivity index (χ1) is 13.6. The molecule has 28 heavy (non-hydrogen) atoms. The van der Waals surface area contributed by atoms with Gasteiger partial charge in [-0.05, 0) is 36.6 Å². The summed E-state index contributed by atoms with van der Waals surface area (Å²) in [5.74, 6) is 0.147. The molecule has 2 aromatic carbocycles. The molecule has 2 aliphatic rings. The summed E-state index contributed by atoms with van der Waals surface area (Å²) in [6.07, 6.45) is 3.85. The fraction of sp³-hybridized carbons (Fsp3) is 0.364. The molecular formula is C22H24N2O3S. The highest BCUT2D eigenvalue weighted by atomic mass is 32.2. The molecular weight excluding hydrogens is 372 g/mol. The zero-order valence-corrected chi connectivity index (χ0v) is 16.4. The van der Waals surface area contributed by atoms with E-state index >= 15 is 0 Å². The van der Waals surface area contributed by atoms with E-state index in [1.807, 2.05) is 36.4 Å². The second-order valence-corrected chi connectivity index (χ2v) is 8.55. The molecule has 1 atom stereocenters. The summed E-state index contributed by atoms with van der Waals surface area (Å²) in [7, 11) is 0. The van der Waals surface area contributed by atoms with Crippen LogP contribution in [0.2, 0.25) is 0 Å². The Morgan fingerprint density at radius 3 is 2.61 bits per heavy atom. The van der Waals surface area contributed by atoms with Crippen LogP contribution in [0.3, 0.4) is 0 Å². The number of benzene rings is 2. The number of thioether (sulfide) groups is 1. The van der Waals surface area contributed by atoms with E-state index in [0.717, 1.165) is 48.3 Å². The topological polar surface area (TPSA) is 78.4 Å². The summed E-state index contributed by atoms with van der Waals surface area (Å²) in [4.78, 5) is 25.5. The highest BCUT2D eigenvalue weighted by Gasteiger charge is 2.41. The second-order valence-electron chi connectivity index (χ2n) is 7.53. The van der Waals surface area contributed by atoms with Crippen molar-refractivity contribution >= 4 is 29.3 Å². The number of nitrogens with one attached hydrogen (secondary N) is 2. The van der Waals surface area contributed by atoms with Crippen LogP contribution >= 0.6 is 11.8 Å². The van der Waals surface area contributed by atoms with Crippen LogP contribution in [0.25, 0.3) is 0 Å². The molecule has 3 N–H and O–H groups in total. The van der Waals surface area contributed by atoms with Crippen LogP contribution in [0.1, 0.15) is 54.1 Å². The number of fused-ring (bicyclic) bond motifs is 1. The third kappa shape index (κ3) is 3.80. The fourth-order valence-corrected chi connectivity index (χ4v) is 4.96. The molecule has 1 unspecified atom stereocenters. The third-order valence-electron chi connectivity index (χ3n) is 5.62. The number of amides is 2. The predicted octanol–water partition coefficient (Wildman–Crippen LogP) is 3.90. The molecule has 5 nitrogen and oxygen atoms in total. The van der Waals surface area contributed by atoms with Crippen LogP contribution in [0, 0.1) is 0 Å². The van der Waals surface area contributed by atoms with E-state index < -0.39 is 11.6 Å². The van der Waals surface area contributed by atoms with Crippen molar-refractivity contribution in [2.45, 2.75) is 48.6 Å². The van der Waals surface area contributed by atoms with Gasteiger partial charge in [0.2, 0.25) is 5.91 Å². The zero-order valence-electron chi connectivity index (χ0n) is 15.6. The summed E-state index contributed by atoms with van der Waals surface area (Å²) in [6, 6.07) is 14.9. The van der Waals surface area contributed by atoms with E-state index in [1.165, 1.54) is 11.8 Å². The van der Waals surface area contributed by atoms with Gasteiger partial charge in [-0.3, -0.25) is 9.59 Å². The van der Waals surface area contributed by atoms with Crippen molar-refractivity contribution in [3.63, 3.8) is 0 Å². The quantitative estimate of drug-likeness (QED) is 0.732. The lowest BCUT2D eigenvalue weighted by atomic mass is 9.75. The van der Waals surface area contributed by atoms with Crippen molar-refractivity contribution < 1.29 is 14.7 Å². The normalized spacial score (nSPS) is 19.2. The Labute approximate surface area is 168 Å². The van der Waals surface area contributed by atoms with Gasteiger partial charge in [0.25, 0.3) is 5.91 Å². The summed E-state index contributed by atoms with van der Waals surface area (Å²) in [6.45, 7) is 0. The molecule has 0 saturated heterocycles. The van der Waals surface area contributed by atoms with Crippen LogP contribution in [0.15, 0.2) is 53.4 Å². The maximum Gasteiger partial charge on any atom is 0.251 e. The Kier molecular flexibility index (Phi) is 5.42. The van der Waals surface area contributed by atoms with Gasteiger partial charge in [-0.1, -0.05) is 49.6 Å². The highest BCUT2D eigenvalue weighted by molar-refractivity contribution is 8.00. The maximum absolute atomic E-state index is 13.1. The molecule has 1 aliphatic carbocycles. The molecule has 4 rings (SSSR count). The van der Waals surface area contributed by atoms with Crippen LogP contribution in [0.4, 0.5) is 5.69 Å². The van der Waals surface area contributed by atoms with Gasteiger partial charge in [0.05, 0.1) is 17.0 Å². The summed E-state index contributed by atoms with van der Waals surface area (Å²) < 4.78 is 0. The first kappa shape index (κ1) is 19.0. The fourth-order valence-electron chi connectivity index (χ4n) is 4.12. The number of carbonyl (C=O) groups excluding carboxylic acids is 2. The van der Waals surface area contributed by atoms with Gasteiger partial charge < -0.3 is 15.7 Å². The smallest absolute Gasteiger partial charge is 0.251 e. The molecule has 6 heteroatoms. The molecule has 2 amide bonds. The van der Waals surface area contributed by atoms with Gasteiger partial charge in [-0.2, -0.15) is 0 Å². The molecule has 1 fully saturated rings. The molecule has 0 bridgehead atoms. The maximum atomic E-state index is 13.1. The number of aliphatic hydroxyl groups is 1. The number of hydrogen-bond donors (Lipinski definition) is 3. The number of carbonyl (C=O) groups is 2. The average Bonchev–Trinajstić information content (AvgIpc) is 2.74. The van der Waals surface area contributed by atoms with Crippen molar-refractivity contribution in [3.05, 3.63) is 59.7 Å². The third-order valence-corrected chi connectivity index (χ3v) is 6.68. The first-order valence-electron chi connectivity index (χ1n) is 9.70. The van der Waals surface area contributed by atoms with Crippen molar-refractivity contribution in [2.24, 2.45) is 0 Å². The van der Waals surface area contributed by atoms with Crippen molar-refractivity contribution in [2.75, 3.05) is 11.1 Å². The molecule has 1 heterocycles. The van der Waals surface area contributed by atoms with E-state index in [2.05, 4.69) is 10.6 Å². The van der Waals surface area contributed by atoms with Gasteiger partial charge >= 0.3 is 0 Å². The molecule has 0 aromatic heterocycles. The Hall–Kier alpha value is -2.31. The zero-order chi connectivity index (χ0) is 19.6. The van der Waals surface area contributed by atoms with Crippen molar-refractivity contribution in [1.29, 1.82) is 0 Å². The second kappa shape index (κ2) is 7.97. The van der Waals surface area contributed by atoms with Gasteiger partial charge in [0.1, 0.15) is 6.10 Å². The van der Waals surface area contributed by atoms with Gasteiger partial charge in [-0.25, -0.2) is 0 Å². The number of aliphatic hydroxyl groups excluding tert-OH is 1. The predicted molar refractivity (Wildman–Crippen MR) is 110 cm³/mol. The van der Waals surface area contributed by atoms with Crippen molar-refractivity contribution in [1.82, 2.24) is 5.32 Å². The lowest BCUT2D eigenvalue weighted by Gasteiger charge is -2.42. The highest BCUT2D eigenvalue weighted by Crippen LogP contribution is 2.39. The Morgan fingerprint density at radius 1 is 1.11 bits per heavy atom. The molecule has 146 valence electrons. The van der Waals surface area contributed by atoms with Crippen LogP contribution < -0.4 is 10.6 Å². The van der Waals surface area contributed by atoms with Crippen LogP contribution in [-0.4, -0.2) is 28.2 Å². The monoisotopic (exact) mass is 396 g/mol. The Balaban J connectivity index is 1.59. The Bertz CT molecular complexity index is 879. The van der Waals surface area contributed by atoms with Gasteiger partial charge in [0, 0.05) is 10.5 Å². The summed E-state index contributed by atoms with van der Waals surface area (Å²) in [5.41, 5.74) is 1.46. The first-order valence-corrected chi connectivity index (χ1v) is 10.7. The van der Waals surface area contributed by atoms with Crippen molar-refractivity contribution in [3.8, 4) is 0 Å². The van der Waals surface area contributed by atoms with Gasteiger partial charge in [-0.15, -0.1) is 11.8 Å². The lowest BCUT2D eigenvalue weighted by molar-refractivity contribution is -0.113. The summed E-state index contributed by atoms with van der Waals surface area (Å²) in [5, 5.41) is 17.1. The van der Waals surface area contributed by atoms with Crippen LogP contribution in [0.5, 0.6) is 0 Å². The minimum Gasteiger partial charge on any atom is -0.386 e. The number of anilines is 1. The van der Waals surface area contributed by atoms with Gasteiger partial charge in [0.15, 0.2) is 0 Å². The molecule has 0 spiro atoms. The van der Waals surface area contributed by atoms with E-state index in [9.17, 15) is 14.7 Å². The number of rotatable bonds is 4.